The fourth-order valence-electron chi connectivity index (χ4n) is 1.97. The summed E-state index contributed by atoms with van der Waals surface area (Å²) in [5.41, 5.74) is 7.68. The predicted octanol–water partition coefficient (Wildman–Crippen LogP) is 3.60. The van der Waals surface area contributed by atoms with Gasteiger partial charge in [-0.2, -0.15) is 0 Å². The van der Waals surface area contributed by atoms with E-state index < -0.39 is 0 Å². The molecule has 0 saturated carbocycles. The summed E-state index contributed by atoms with van der Waals surface area (Å²) >= 11 is 6.92. The van der Waals surface area contributed by atoms with Crippen molar-refractivity contribution in [3.05, 3.63) is 41.6 Å². The van der Waals surface area contributed by atoms with Gasteiger partial charge >= 0.3 is 0 Å². The fourth-order valence-corrected chi connectivity index (χ4v) is 3.11. The minimum Gasteiger partial charge on any atom is -0.444 e. The van der Waals surface area contributed by atoms with Crippen LogP contribution in [0.2, 0.25) is 0 Å². The summed E-state index contributed by atoms with van der Waals surface area (Å²) in [4.78, 5) is 5.73. The Labute approximate surface area is 134 Å². The Kier molecular flexibility index (Phi) is 5.64. The number of aromatic nitrogens is 1. The van der Waals surface area contributed by atoms with Crippen LogP contribution in [0.25, 0.3) is 0 Å². The first-order valence-electron chi connectivity index (χ1n) is 6.88. The Morgan fingerprint density at radius 1 is 1.43 bits per heavy atom. The maximum atomic E-state index is 5.88. The maximum absolute atomic E-state index is 5.88. The number of benzene rings is 1. The minimum atomic E-state index is 0.399. The van der Waals surface area contributed by atoms with Gasteiger partial charge in [-0.05, 0) is 17.9 Å². The summed E-state index contributed by atoms with van der Waals surface area (Å²) in [6.07, 6.45) is 2.60. The largest absolute Gasteiger partial charge is 0.444 e. The quantitative estimate of drug-likeness (QED) is 0.600. The number of anilines is 1. The lowest BCUT2D eigenvalue weighted by Gasteiger charge is -2.13. The molecule has 0 atom stereocenters. The molecule has 112 valence electrons. The van der Waals surface area contributed by atoms with Gasteiger partial charge in [0.1, 0.15) is 10.7 Å². The summed E-state index contributed by atoms with van der Waals surface area (Å²) in [5.74, 6) is 2.52. The monoisotopic (exact) mass is 321 g/mol. The molecule has 0 saturated heterocycles. The fraction of sp³-hybridized carbons (Fsp3) is 0.333. The first-order valence-corrected chi connectivity index (χ1v) is 8.28. The van der Waals surface area contributed by atoms with Crippen molar-refractivity contribution < 1.29 is 4.42 Å². The molecule has 1 heterocycles. The molecule has 0 bridgehead atoms. The lowest BCUT2D eigenvalue weighted by Crippen LogP contribution is -2.14. The molecule has 0 fully saturated rings. The number of nitrogens with one attached hydrogen (secondary N) is 1. The molecule has 21 heavy (non-hydrogen) atoms. The average molecular weight is 321 g/mol. The molecule has 0 aliphatic heterocycles. The van der Waals surface area contributed by atoms with Crippen molar-refractivity contribution in [1.29, 1.82) is 0 Å². The minimum absolute atomic E-state index is 0.399. The van der Waals surface area contributed by atoms with Crippen LogP contribution >= 0.6 is 24.0 Å². The van der Waals surface area contributed by atoms with Gasteiger partial charge in [0, 0.05) is 22.6 Å². The molecule has 0 radical (unpaired) electrons. The number of nitrogens with zero attached hydrogens (tertiary/aromatic N) is 1. The van der Waals surface area contributed by atoms with Crippen molar-refractivity contribution in [2.24, 2.45) is 5.73 Å². The van der Waals surface area contributed by atoms with Gasteiger partial charge in [-0.25, -0.2) is 4.98 Å². The van der Waals surface area contributed by atoms with E-state index in [4.69, 9.17) is 22.4 Å². The van der Waals surface area contributed by atoms with Gasteiger partial charge in [0.15, 0.2) is 0 Å². The molecule has 3 N–H and O–H groups in total. The molecule has 0 spiro atoms. The van der Waals surface area contributed by atoms with Crippen LogP contribution in [0.3, 0.4) is 0 Å². The molecule has 0 unspecified atom stereocenters. The lowest BCUT2D eigenvalue weighted by atomic mass is 10.1. The molecule has 0 aliphatic rings. The van der Waals surface area contributed by atoms with E-state index in [0.717, 1.165) is 34.1 Å². The Morgan fingerprint density at radius 3 is 2.86 bits per heavy atom. The number of oxazole rings is 1. The van der Waals surface area contributed by atoms with E-state index in [-0.39, 0.29) is 0 Å². The van der Waals surface area contributed by atoms with Gasteiger partial charge < -0.3 is 15.5 Å². The highest BCUT2D eigenvalue weighted by Crippen LogP contribution is 2.28. The molecule has 4 nitrogen and oxygen atoms in total. The van der Waals surface area contributed by atoms with Gasteiger partial charge in [-0.15, -0.1) is 11.8 Å². The van der Waals surface area contributed by atoms with E-state index >= 15 is 0 Å². The number of aryl methyl sites for hydroxylation is 1. The van der Waals surface area contributed by atoms with E-state index in [1.807, 2.05) is 25.1 Å². The molecule has 2 rings (SSSR count). The van der Waals surface area contributed by atoms with E-state index in [1.165, 1.54) is 0 Å². The third-order valence-corrected chi connectivity index (χ3v) is 4.10. The normalized spacial score (nSPS) is 10.6. The summed E-state index contributed by atoms with van der Waals surface area (Å²) < 4.78 is 5.59. The highest BCUT2D eigenvalue weighted by Gasteiger charge is 2.12. The van der Waals surface area contributed by atoms with E-state index in [9.17, 15) is 0 Å². The number of hydrogen-bond donors (Lipinski definition) is 2. The summed E-state index contributed by atoms with van der Waals surface area (Å²) in [5, 5.41) is 3.31. The third kappa shape index (κ3) is 3.98. The first kappa shape index (κ1) is 15.9. The standard InChI is InChI=1S/C15H19N3OS2/c1-3-10-8-18-13(19-10)9-17-11-6-5-7-12(21-4-2)14(11)15(16)20/h5-8,17H,3-4,9H2,1-2H3,(H2,16,20). The van der Waals surface area contributed by atoms with Crippen LogP contribution in [0.5, 0.6) is 0 Å². The molecule has 1 aromatic carbocycles. The van der Waals surface area contributed by atoms with Crippen molar-refractivity contribution in [2.45, 2.75) is 31.7 Å². The van der Waals surface area contributed by atoms with E-state index in [2.05, 4.69) is 17.2 Å². The van der Waals surface area contributed by atoms with Crippen LogP contribution < -0.4 is 11.1 Å². The number of thiocarbonyl (C=S) groups is 1. The van der Waals surface area contributed by atoms with Crippen LogP contribution in [-0.4, -0.2) is 15.7 Å². The highest BCUT2D eigenvalue weighted by molar-refractivity contribution is 7.99. The van der Waals surface area contributed by atoms with Crippen LogP contribution in [0.4, 0.5) is 5.69 Å². The number of thioether (sulfide) groups is 1. The Hall–Kier alpha value is -1.53. The van der Waals surface area contributed by atoms with Gasteiger partial charge in [-0.3, -0.25) is 0 Å². The van der Waals surface area contributed by atoms with Gasteiger partial charge in [-0.1, -0.05) is 32.1 Å². The maximum Gasteiger partial charge on any atom is 0.213 e. The van der Waals surface area contributed by atoms with Crippen LogP contribution in [-0.2, 0) is 13.0 Å². The van der Waals surface area contributed by atoms with Crippen molar-refractivity contribution in [3.63, 3.8) is 0 Å². The summed E-state index contributed by atoms with van der Waals surface area (Å²) in [6, 6.07) is 6.00. The third-order valence-electron chi connectivity index (χ3n) is 2.95. The summed E-state index contributed by atoms with van der Waals surface area (Å²) in [7, 11) is 0. The Bertz CT molecular complexity index is 625. The summed E-state index contributed by atoms with van der Waals surface area (Å²) in [6.45, 7) is 4.65. The zero-order valence-corrected chi connectivity index (χ0v) is 13.8. The smallest absolute Gasteiger partial charge is 0.213 e. The molecule has 2 aromatic rings. The van der Waals surface area contributed by atoms with Crippen molar-refractivity contribution >= 4 is 34.7 Å². The SMILES string of the molecule is CCSc1cccc(NCc2ncc(CC)o2)c1C(N)=S. The van der Waals surface area contributed by atoms with Crippen molar-refractivity contribution in [3.8, 4) is 0 Å². The number of nitrogens with two attached hydrogens (primary N) is 1. The predicted molar refractivity (Wildman–Crippen MR) is 91.9 cm³/mol. The molecule has 1 aromatic heterocycles. The highest BCUT2D eigenvalue weighted by atomic mass is 32.2. The van der Waals surface area contributed by atoms with Crippen LogP contribution in [0.1, 0.15) is 31.1 Å². The van der Waals surface area contributed by atoms with Gasteiger partial charge in [0.2, 0.25) is 5.89 Å². The lowest BCUT2D eigenvalue weighted by molar-refractivity contribution is 0.466. The zero-order chi connectivity index (χ0) is 15.2. The average Bonchev–Trinajstić information content (AvgIpc) is 2.93. The number of rotatable bonds is 7. The van der Waals surface area contributed by atoms with Crippen molar-refractivity contribution in [1.82, 2.24) is 4.98 Å². The van der Waals surface area contributed by atoms with Gasteiger partial charge in [0.25, 0.3) is 0 Å². The van der Waals surface area contributed by atoms with E-state index in [0.29, 0.717) is 17.4 Å². The van der Waals surface area contributed by atoms with E-state index in [1.54, 1.807) is 18.0 Å². The molecular formula is C15H19N3OS2. The zero-order valence-electron chi connectivity index (χ0n) is 12.2. The Morgan fingerprint density at radius 2 is 2.24 bits per heavy atom. The van der Waals surface area contributed by atoms with Crippen LogP contribution in [0, 0.1) is 0 Å². The number of hydrogen-bond acceptors (Lipinski definition) is 5. The topological polar surface area (TPSA) is 64.1 Å². The Balaban J connectivity index is 2.18. The van der Waals surface area contributed by atoms with Gasteiger partial charge in [0.05, 0.1) is 12.7 Å². The molecule has 0 aliphatic carbocycles. The van der Waals surface area contributed by atoms with Crippen LogP contribution in [0.15, 0.2) is 33.7 Å². The second kappa shape index (κ2) is 7.47. The first-order chi connectivity index (χ1) is 10.2. The molecule has 6 heteroatoms. The molecule has 0 amide bonds. The second-order valence-electron chi connectivity index (χ2n) is 4.40. The second-order valence-corrected chi connectivity index (χ2v) is 6.15. The molecular weight excluding hydrogens is 302 g/mol. The van der Waals surface area contributed by atoms with Crippen molar-refractivity contribution in [2.75, 3.05) is 11.1 Å².